The summed E-state index contributed by atoms with van der Waals surface area (Å²) >= 11 is 0. The van der Waals surface area contributed by atoms with Crippen LogP contribution in [0.15, 0.2) is 30.6 Å². The van der Waals surface area contributed by atoms with Gasteiger partial charge < -0.3 is 0 Å². The molecule has 2 amide bonds. The van der Waals surface area contributed by atoms with Crippen LogP contribution in [-0.2, 0) is 4.79 Å². The summed E-state index contributed by atoms with van der Waals surface area (Å²) in [4.78, 5) is 24.0. The van der Waals surface area contributed by atoms with Crippen LogP contribution in [0.2, 0.25) is 0 Å². The van der Waals surface area contributed by atoms with Crippen molar-refractivity contribution in [1.29, 1.82) is 0 Å². The Bertz CT molecular complexity index is 708. The van der Waals surface area contributed by atoms with Gasteiger partial charge in [-0.1, -0.05) is 32.1 Å². The van der Waals surface area contributed by atoms with E-state index >= 15 is 0 Å². The van der Waals surface area contributed by atoms with Crippen LogP contribution in [0, 0.1) is 5.92 Å². The molecule has 0 unspecified atom stereocenters. The first-order chi connectivity index (χ1) is 12.7. The van der Waals surface area contributed by atoms with Crippen molar-refractivity contribution in [2.45, 2.75) is 51.4 Å². The van der Waals surface area contributed by atoms with Gasteiger partial charge in [0.1, 0.15) is 6.33 Å². The van der Waals surface area contributed by atoms with E-state index in [1.165, 1.54) is 43.1 Å². The summed E-state index contributed by atoms with van der Waals surface area (Å²) in [5.74, 6) is 0.262. The summed E-state index contributed by atoms with van der Waals surface area (Å²) in [5, 5.41) is 10.9. The summed E-state index contributed by atoms with van der Waals surface area (Å²) in [6.45, 7) is 0. The first kappa shape index (κ1) is 18.0. The van der Waals surface area contributed by atoms with Crippen molar-refractivity contribution in [3.05, 3.63) is 36.2 Å². The molecule has 3 rings (SSSR count). The average molecular weight is 356 g/mol. The molecule has 138 valence electrons. The van der Waals surface area contributed by atoms with Crippen LogP contribution in [0.4, 0.5) is 0 Å². The van der Waals surface area contributed by atoms with Gasteiger partial charge >= 0.3 is 0 Å². The fourth-order valence-electron chi connectivity index (χ4n) is 3.33. The van der Waals surface area contributed by atoms with Crippen LogP contribution in [0.5, 0.6) is 0 Å². The second-order valence-corrected chi connectivity index (χ2v) is 6.70. The molecule has 1 aliphatic rings. The Kier molecular flexibility index (Phi) is 6.29. The lowest BCUT2D eigenvalue weighted by atomic mass is 9.86. The number of aromatic nitrogens is 4. The molecule has 1 fully saturated rings. The number of hydrazine groups is 1. The fraction of sp³-hybridized carbons (Fsp3) is 0.500. The third kappa shape index (κ3) is 5.11. The molecule has 0 atom stereocenters. The monoisotopic (exact) mass is 356 g/mol. The number of tetrazole rings is 1. The Morgan fingerprint density at radius 2 is 1.85 bits per heavy atom. The summed E-state index contributed by atoms with van der Waals surface area (Å²) in [6, 6.07) is 6.78. The van der Waals surface area contributed by atoms with E-state index in [0.717, 1.165) is 24.4 Å². The van der Waals surface area contributed by atoms with E-state index in [9.17, 15) is 9.59 Å². The smallest absolute Gasteiger partial charge is 0.269 e. The number of hydrogen-bond acceptors (Lipinski definition) is 5. The molecule has 1 aliphatic carbocycles. The molecular formula is C18H24N6O2. The van der Waals surface area contributed by atoms with E-state index in [1.807, 2.05) is 0 Å². The molecule has 1 heterocycles. The molecule has 0 aliphatic heterocycles. The minimum atomic E-state index is -0.353. The number of carbonyl (C=O) groups is 2. The van der Waals surface area contributed by atoms with Crippen LogP contribution >= 0.6 is 0 Å². The van der Waals surface area contributed by atoms with Gasteiger partial charge in [0, 0.05) is 12.0 Å². The number of amides is 2. The van der Waals surface area contributed by atoms with Gasteiger partial charge in [-0.05, 0) is 53.5 Å². The highest BCUT2D eigenvalue weighted by atomic mass is 16.2. The van der Waals surface area contributed by atoms with Crippen molar-refractivity contribution < 1.29 is 9.59 Å². The number of carbonyl (C=O) groups excluding carboxylic acids is 2. The number of nitrogens with one attached hydrogen (secondary N) is 2. The standard InChI is InChI=1S/C18H24N6O2/c25-17(8-4-7-14-5-2-1-3-6-14)20-21-18(26)15-9-11-16(12-10-15)24-13-19-22-23-24/h9-14H,1-8H2,(H,20,25)(H,21,26). The van der Waals surface area contributed by atoms with Crippen molar-refractivity contribution in [2.75, 3.05) is 0 Å². The quantitative estimate of drug-likeness (QED) is 0.773. The average Bonchev–Trinajstić information content (AvgIpc) is 3.22. The predicted octanol–water partition coefficient (Wildman–Crippen LogP) is 2.17. The molecule has 0 radical (unpaired) electrons. The topological polar surface area (TPSA) is 102 Å². The third-order valence-corrected chi connectivity index (χ3v) is 4.80. The lowest BCUT2D eigenvalue weighted by Gasteiger charge is -2.21. The van der Waals surface area contributed by atoms with Crippen LogP contribution < -0.4 is 10.9 Å². The SMILES string of the molecule is O=C(CCCC1CCCCC1)NNC(=O)c1ccc(-n2cnnn2)cc1. The van der Waals surface area contributed by atoms with Gasteiger partial charge in [-0.3, -0.25) is 20.4 Å². The molecule has 8 heteroatoms. The summed E-state index contributed by atoms with van der Waals surface area (Å²) in [5.41, 5.74) is 6.14. The Morgan fingerprint density at radius 1 is 1.08 bits per heavy atom. The van der Waals surface area contributed by atoms with E-state index < -0.39 is 0 Å². The Morgan fingerprint density at radius 3 is 2.54 bits per heavy atom. The van der Waals surface area contributed by atoms with Crippen LogP contribution in [0.3, 0.4) is 0 Å². The van der Waals surface area contributed by atoms with Gasteiger partial charge in [0.25, 0.3) is 5.91 Å². The lowest BCUT2D eigenvalue weighted by Crippen LogP contribution is -2.41. The van der Waals surface area contributed by atoms with Crippen LogP contribution in [0.1, 0.15) is 61.7 Å². The van der Waals surface area contributed by atoms with E-state index in [4.69, 9.17) is 0 Å². The second kappa shape index (κ2) is 9.07. The van der Waals surface area contributed by atoms with Gasteiger partial charge in [-0.15, -0.1) is 5.10 Å². The second-order valence-electron chi connectivity index (χ2n) is 6.70. The first-order valence-electron chi connectivity index (χ1n) is 9.15. The summed E-state index contributed by atoms with van der Waals surface area (Å²) in [7, 11) is 0. The highest BCUT2D eigenvalue weighted by Crippen LogP contribution is 2.27. The zero-order valence-corrected chi connectivity index (χ0v) is 14.7. The van der Waals surface area contributed by atoms with E-state index in [2.05, 4.69) is 26.4 Å². The maximum absolute atomic E-state index is 12.1. The third-order valence-electron chi connectivity index (χ3n) is 4.80. The Hall–Kier alpha value is -2.77. The summed E-state index contributed by atoms with van der Waals surface area (Å²) < 4.78 is 1.50. The van der Waals surface area contributed by atoms with Crippen LogP contribution in [0.25, 0.3) is 5.69 Å². The Balaban J connectivity index is 1.38. The van der Waals surface area contributed by atoms with Gasteiger partial charge in [0.15, 0.2) is 0 Å². The molecule has 1 saturated carbocycles. The molecule has 2 N–H and O–H groups in total. The zero-order chi connectivity index (χ0) is 18.2. The zero-order valence-electron chi connectivity index (χ0n) is 14.7. The molecule has 0 bridgehead atoms. The van der Waals surface area contributed by atoms with Crippen molar-refractivity contribution in [3.8, 4) is 5.69 Å². The van der Waals surface area contributed by atoms with Gasteiger partial charge in [0.05, 0.1) is 5.69 Å². The van der Waals surface area contributed by atoms with E-state index in [-0.39, 0.29) is 11.8 Å². The first-order valence-corrected chi connectivity index (χ1v) is 9.15. The van der Waals surface area contributed by atoms with E-state index in [0.29, 0.717) is 12.0 Å². The predicted molar refractivity (Wildman–Crippen MR) is 95.2 cm³/mol. The molecule has 1 aromatic carbocycles. The van der Waals surface area contributed by atoms with E-state index in [1.54, 1.807) is 24.3 Å². The van der Waals surface area contributed by atoms with Crippen molar-refractivity contribution in [2.24, 2.45) is 5.92 Å². The number of benzene rings is 1. The van der Waals surface area contributed by atoms with Crippen molar-refractivity contribution in [1.82, 2.24) is 31.1 Å². The summed E-state index contributed by atoms with van der Waals surface area (Å²) in [6.07, 6.45) is 10.4. The minimum absolute atomic E-state index is 0.153. The maximum Gasteiger partial charge on any atom is 0.269 e. The molecule has 8 nitrogen and oxygen atoms in total. The molecule has 0 spiro atoms. The fourth-order valence-corrected chi connectivity index (χ4v) is 3.33. The van der Waals surface area contributed by atoms with Crippen LogP contribution in [-0.4, -0.2) is 32.0 Å². The maximum atomic E-state index is 12.1. The number of hydrogen-bond donors (Lipinski definition) is 2. The Labute approximate surface area is 152 Å². The number of nitrogens with zero attached hydrogens (tertiary/aromatic N) is 4. The molecule has 2 aromatic rings. The van der Waals surface area contributed by atoms with Gasteiger partial charge in [-0.25, -0.2) is 4.68 Å². The molecule has 1 aromatic heterocycles. The van der Waals surface area contributed by atoms with Crippen molar-refractivity contribution >= 4 is 11.8 Å². The van der Waals surface area contributed by atoms with Crippen molar-refractivity contribution in [3.63, 3.8) is 0 Å². The minimum Gasteiger partial charge on any atom is -0.273 e. The number of rotatable bonds is 6. The highest BCUT2D eigenvalue weighted by Gasteiger charge is 2.14. The van der Waals surface area contributed by atoms with Gasteiger partial charge in [-0.2, -0.15) is 0 Å². The molecule has 26 heavy (non-hydrogen) atoms. The highest BCUT2D eigenvalue weighted by molar-refractivity contribution is 5.95. The normalized spacial score (nSPS) is 14.8. The molecule has 0 saturated heterocycles. The van der Waals surface area contributed by atoms with Gasteiger partial charge in [0.2, 0.25) is 5.91 Å². The largest absolute Gasteiger partial charge is 0.273 e. The molecular weight excluding hydrogens is 332 g/mol. The lowest BCUT2D eigenvalue weighted by molar-refractivity contribution is -0.122.